The summed E-state index contributed by atoms with van der Waals surface area (Å²) in [5.74, 6) is -3.28. The van der Waals surface area contributed by atoms with Gasteiger partial charge in [-0.1, -0.05) is 52.3 Å². The predicted molar refractivity (Wildman–Crippen MR) is 183 cm³/mol. The van der Waals surface area contributed by atoms with Crippen molar-refractivity contribution in [3.05, 3.63) is 54.5 Å². The molecule has 3 heterocycles. The standard InChI is InChI=1S/C35H45FN5O10P/c1-20(2)30(42)48-28-27(25-16-17-26-29(37)38-19-39-41(25)26)49-34(33(36)35(28,34)50-31(43)21(3)4)18-46-52(45,51-24-14-10-7-11-15-24)40-22(5)32(44)47-23-12-8-6-9-13-23/h7,10-11,14-17,19-23,27-28,33H,6,8-9,12-13,18H2,1-5H3,(H,40,45)(H2,37,38,39)/t22-,27-,28-,33?,34-,35+,52-/m0/s1. The largest absolute Gasteiger partial charge is 0.461 e. The van der Waals surface area contributed by atoms with Crippen LogP contribution in [0.4, 0.5) is 10.2 Å². The Morgan fingerprint density at radius 3 is 2.37 bits per heavy atom. The van der Waals surface area contributed by atoms with Crippen molar-refractivity contribution in [2.75, 3.05) is 12.3 Å². The Morgan fingerprint density at radius 1 is 1.00 bits per heavy atom. The number of carbonyl (C=O) groups excluding carboxylic acids is 3. The molecule has 1 aliphatic heterocycles. The van der Waals surface area contributed by atoms with Gasteiger partial charge < -0.3 is 29.2 Å². The number of halogens is 1. The van der Waals surface area contributed by atoms with Crippen molar-refractivity contribution in [1.29, 1.82) is 0 Å². The molecule has 52 heavy (non-hydrogen) atoms. The Bertz CT molecular complexity index is 1840. The minimum atomic E-state index is -4.56. The first-order chi connectivity index (χ1) is 24.7. The third-order valence-corrected chi connectivity index (χ3v) is 11.2. The molecule has 6 rings (SSSR count). The fourth-order valence-corrected chi connectivity index (χ4v) is 8.17. The maximum absolute atomic E-state index is 16.8. The van der Waals surface area contributed by atoms with Gasteiger partial charge in [-0.25, -0.2) is 18.5 Å². The molecule has 15 nitrogen and oxygen atoms in total. The van der Waals surface area contributed by atoms with Gasteiger partial charge in [0.05, 0.1) is 24.1 Å². The molecule has 3 N–H and O–H groups in total. The maximum atomic E-state index is 16.8. The molecule has 0 spiro atoms. The van der Waals surface area contributed by atoms with E-state index in [1.807, 2.05) is 0 Å². The number of hydrogen-bond acceptors (Lipinski definition) is 13. The van der Waals surface area contributed by atoms with Gasteiger partial charge in [-0.15, -0.1) is 0 Å². The average molecular weight is 746 g/mol. The molecule has 0 radical (unpaired) electrons. The first-order valence-corrected chi connectivity index (χ1v) is 19.1. The van der Waals surface area contributed by atoms with Crippen molar-refractivity contribution >= 4 is 37.0 Å². The molecule has 2 aliphatic carbocycles. The van der Waals surface area contributed by atoms with E-state index in [0.717, 1.165) is 32.1 Å². The van der Waals surface area contributed by atoms with Crippen LogP contribution in [-0.2, 0) is 42.4 Å². The molecule has 7 atom stereocenters. The smallest absolute Gasteiger partial charge is 0.459 e. The van der Waals surface area contributed by atoms with Gasteiger partial charge in [-0.05, 0) is 56.9 Å². The summed E-state index contributed by atoms with van der Waals surface area (Å²) in [7, 11) is -4.56. The van der Waals surface area contributed by atoms with Crippen LogP contribution in [0.15, 0.2) is 48.8 Å². The number of anilines is 1. The fraction of sp³-hybridized carbons (Fsp3) is 0.571. The molecule has 3 aliphatic rings. The van der Waals surface area contributed by atoms with Crippen LogP contribution in [0.25, 0.3) is 5.52 Å². The lowest BCUT2D eigenvalue weighted by atomic mass is 9.98. The van der Waals surface area contributed by atoms with Gasteiger partial charge in [0.25, 0.3) is 0 Å². The van der Waals surface area contributed by atoms with E-state index in [2.05, 4.69) is 15.2 Å². The summed E-state index contributed by atoms with van der Waals surface area (Å²) in [6.07, 6.45) is 0.372. The highest BCUT2D eigenvalue weighted by atomic mass is 31.2. The fourth-order valence-electron chi connectivity index (χ4n) is 6.65. The number of rotatable bonds is 14. The zero-order chi connectivity index (χ0) is 37.4. The number of hydrogen-bond donors (Lipinski definition) is 2. The van der Waals surface area contributed by atoms with Gasteiger partial charge >= 0.3 is 25.7 Å². The lowest BCUT2D eigenvalue weighted by Crippen LogP contribution is -2.44. The van der Waals surface area contributed by atoms with Crippen molar-refractivity contribution in [2.24, 2.45) is 11.8 Å². The predicted octanol–water partition coefficient (Wildman–Crippen LogP) is 5.04. The lowest BCUT2D eigenvalue weighted by molar-refractivity contribution is -0.180. The molecule has 1 aromatic carbocycles. The first-order valence-electron chi connectivity index (χ1n) is 17.5. The zero-order valence-corrected chi connectivity index (χ0v) is 30.6. The van der Waals surface area contributed by atoms with Crippen LogP contribution in [0, 0.1) is 11.8 Å². The van der Waals surface area contributed by atoms with Gasteiger partial charge in [-0.2, -0.15) is 10.2 Å². The maximum Gasteiger partial charge on any atom is 0.459 e. The SMILES string of the molecule is CC(C)C(=O)O[C@H]1[C@H](c2ccc3c(N)ncnn23)O[C@@]2(CO[P@@](=O)(N[C@@H](C)C(=O)OC3CCCCC3)Oc3ccccc3)C(F)[C@]12OC(=O)C(C)C. The van der Waals surface area contributed by atoms with E-state index in [-0.39, 0.29) is 23.4 Å². The normalized spacial score (nSPS) is 27.5. The molecule has 1 unspecified atom stereocenters. The number of nitrogens with two attached hydrogens (primary N) is 1. The van der Waals surface area contributed by atoms with Crippen molar-refractivity contribution < 1.29 is 51.3 Å². The van der Waals surface area contributed by atoms with Gasteiger partial charge in [0, 0.05) is 0 Å². The van der Waals surface area contributed by atoms with Crippen LogP contribution in [0.2, 0.25) is 0 Å². The van der Waals surface area contributed by atoms with Crippen molar-refractivity contribution in [3.63, 3.8) is 0 Å². The second kappa shape index (κ2) is 14.7. The van der Waals surface area contributed by atoms with Crippen molar-refractivity contribution in [3.8, 4) is 5.75 Å². The van der Waals surface area contributed by atoms with Gasteiger partial charge in [-0.3, -0.25) is 18.9 Å². The highest BCUT2D eigenvalue weighted by Crippen LogP contribution is 2.69. The summed E-state index contributed by atoms with van der Waals surface area (Å²) in [5, 5.41) is 6.90. The number of aromatic nitrogens is 3. The Morgan fingerprint density at radius 2 is 1.69 bits per heavy atom. The topological polar surface area (TPSA) is 192 Å². The summed E-state index contributed by atoms with van der Waals surface area (Å²) in [6.45, 7) is 6.95. The molecular formula is C35H45FN5O10P. The van der Waals surface area contributed by atoms with Gasteiger partial charge in [0.1, 0.15) is 35.8 Å². The molecular weight excluding hydrogens is 700 g/mol. The summed E-state index contributed by atoms with van der Waals surface area (Å²) in [6, 6.07) is 10.1. The van der Waals surface area contributed by atoms with Gasteiger partial charge in [0.2, 0.25) is 5.60 Å². The molecule has 0 amide bonds. The minimum Gasteiger partial charge on any atom is -0.461 e. The second-order valence-corrected chi connectivity index (χ2v) is 15.8. The number of para-hydroxylation sites is 1. The highest BCUT2D eigenvalue weighted by molar-refractivity contribution is 7.52. The monoisotopic (exact) mass is 745 g/mol. The number of nitrogens with one attached hydrogen (secondary N) is 1. The van der Waals surface area contributed by atoms with E-state index < -0.39 is 79.7 Å². The Kier molecular flexibility index (Phi) is 10.7. The number of alkyl halides is 1. The number of fused-ring (bicyclic) bond motifs is 2. The lowest BCUT2D eigenvalue weighted by Gasteiger charge is -2.28. The van der Waals surface area contributed by atoms with E-state index in [4.69, 9.17) is 33.7 Å². The number of benzene rings is 1. The van der Waals surface area contributed by atoms with E-state index in [1.165, 1.54) is 29.9 Å². The van der Waals surface area contributed by atoms with Crippen LogP contribution in [0.1, 0.15) is 78.5 Å². The molecule has 2 aromatic heterocycles. The van der Waals surface area contributed by atoms with Crippen LogP contribution in [-0.4, -0.2) is 74.7 Å². The summed E-state index contributed by atoms with van der Waals surface area (Å²) in [5.41, 5.74) is 2.35. The summed E-state index contributed by atoms with van der Waals surface area (Å²) < 4.78 is 68.4. The Balaban J connectivity index is 1.36. The van der Waals surface area contributed by atoms with E-state index in [0.29, 0.717) is 5.52 Å². The number of nitrogens with zero attached hydrogens (tertiary/aromatic N) is 3. The van der Waals surface area contributed by atoms with Gasteiger partial charge in [0.15, 0.2) is 23.7 Å². The molecule has 3 fully saturated rings. The zero-order valence-electron chi connectivity index (χ0n) is 29.7. The van der Waals surface area contributed by atoms with Crippen molar-refractivity contribution in [2.45, 2.75) is 108 Å². The first kappa shape index (κ1) is 37.6. The number of nitrogen functional groups attached to an aromatic ring is 1. The van der Waals surface area contributed by atoms with E-state index >= 15 is 4.39 Å². The third kappa shape index (κ3) is 7.01. The van der Waals surface area contributed by atoms with E-state index in [1.54, 1.807) is 58.0 Å². The average Bonchev–Trinajstić information content (AvgIpc) is 3.38. The number of ether oxygens (including phenoxy) is 4. The third-order valence-electron chi connectivity index (χ3n) is 9.61. The number of esters is 3. The van der Waals surface area contributed by atoms with Crippen LogP contribution in [0.3, 0.4) is 0 Å². The number of carbonyl (C=O) groups is 3. The Hall–Kier alpha value is -4.11. The van der Waals surface area contributed by atoms with E-state index in [9.17, 15) is 18.9 Å². The minimum absolute atomic E-state index is 0.125. The van der Waals surface area contributed by atoms with Crippen LogP contribution >= 0.6 is 7.75 Å². The molecule has 3 aromatic rings. The van der Waals surface area contributed by atoms with Crippen LogP contribution in [0.5, 0.6) is 5.75 Å². The molecule has 282 valence electrons. The Labute approximate surface area is 300 Å². The van der Waals surface area contributed by atoms with Crippen molar-refractivity contribution in [1.82, 2.24) is 19.7 Å². The quantitative estimate of drug-likeness (QED) is 0.127. The summed E-state index contributed by atoms with van der Waals surface area (Å²) in [4.78, 5) is 43.6. The molecule has 1 saturated heterocycles. The summed E-state index contributed by atoms with van der Waals surface area (Å²) >= 11 is 0. The highest BCUT2D eigenvalue weighted by Gasteiger charge is 2.93. The van der Waals surface area contributed by atoms with Crippen LogP contribution < -0.4 is 15.3 Å². The molecule has 2 saturated carbocycles. The second-order valence-electron chi connectivity index (χ2n) is 14.1. The molecule has 17 heteroatoms. The molecule has 0 bridgehead atoms.